The van der Waals surface area contributed by atoms with Crippen LogP contribution < -0.4 is 0 Å². The lowest BCUT2D eigenvalue weighted by molar-refractivity contribution is 0.219. The summed E-state index contributed by atoms with van der Waals surface area (Å²) in [4.78, 5) is 0.316. The van der Waals surface area contributed by atoms with Crippen LogP contribution >= 0.6 is 15.9 Å². The standard InChI is InChI=1S/C29H42BrO3SSi/c1-23(24-18-20-26(21-19-24)34(5,31)32)28(25-15-11-10-12-16-25)27(17-13-8-9-14-22-30)33-35(6,7)29(2,3)4/h10-12,15-16,18-21,27H,1,8-9,13-14,17,22H2,2-7H3/b28-23+. The molecule has 0 heterocycles. The second kappa shape index (κ2) is 12.8. The molecule has 0 aliphatic rings. The molecule has 1 atom stereocenters. The normalized spacial score (nSPS) is 14.5. The molecule has 0 amide bonds. The van der Waals surface area contributed by atoms with E-state index in [2.05, 4.69) is 81.0 Å². The van der Waals surface area contributed by atoms with Crippen molar-refractivity contribution in [2.24, 2.45) is 0 Å². The van der Waals surface area contributed by atoms with Gasteiger partial charge in [0.15, 0.2) is 18.2 Å². The zero-order valence-corrected chi connectivity index (χ0v) is 25.6. The second-order valence-electron chi connectivity index (χ2n) is 10.8. The number of halogens is 1. The van der Waals surface area contributed by atoms with E-state index in [1.54, 1.807) is 12.1 Å². The summed E-state index contributed by atoms with van der Waals surface area (Å²) in [5.41, 5.74) is 4.01. The van der Waals surface area contributed by atoms with E-state index in [0.29, 0.717) is 4.90 Å². The van der Waals surface area contributed by atoms with Gasteiger partial charge in [-0.15, -0.1) is 0 Å². The fourth-order valence-electron chi connectivity index (χ4n) is 3.80. The van der Waals surface area contributed by atoms with Crippen LogP contribution in [0.2, 0.25) is 18.1 Å². The quantitative estimate of drug-likeness (QED) is 0.110. The van der Waals surface area contributed by atoms with Crippen LogP contribution in [0, 0.1) is 6.92 Å². The van der Waals surface area contributed by atoms with E-state index >= 15 is 0 Å². The maximum Gasteiger partial charge on any atom is 0.192 e. The summed E-state index contributed by atoms with van der Waals surface area (Å²) in [6.45, 7) is 15.9. The van der Waals surface area contributed by atoms with Crippen molar-refractivity contribution in [2.45, 2.75) is 82.0 Å². The molecule has 2 rings (SSSR count). The Morgan fingerprint density at radius 1 is 0.943 bits per heavy atom. The van der Waals surface area contributed by atoms with E-state index in [-0.39, 0.29) is 11.1 Å². The molecule has 1 radical (unpaired) electrons. The minimum atomic E-state index is -3.25. The van der Waals surface area contributed by atoms with Crippen LogP contribution in [-0.2, 0) is 14.3 Å². The van der Waals surface area contributed by atoms with Gasteiger partial charge in [-0.05, 0) is 72.3 Å². The molecule has 0 saturated carbocycles. The first kappa shape index (κ1) is 30.0. The van der Waals surface area contributed by atoms with Crippen LogP contribution in [0.5, 0.6) is 0 Å². The van der Waals surface area contributed by atoms with Gasteiger partial charge in [-0.3, -0.25) is 0 Å². The largest absolute Gasteiger partial charge is 0.410 e. The van der Waals surface area contributed by atoms with Crippen LogP contribution in [0.4, 0.5) is 0 Å². The molecule has 1 unspecified atom stereocenters. The summed E-state index contributed by atoms with van der Waals surface area (Å²) >= 11 is 3.54. The number of hydrogen-bond donors (Lipinski definition) is 0. The molecule has 0 bridgehead atoms. The summed E-state index contributed by atoms with van der Waals surface area (Å²) < 4.78 is 31.0. The molecule has 2 aromatic carbocycles. The number of alkyl halides is 1. The van der Waals surface area contributed by atoms with Gasteiger partial charge in [0.25, 0.3) is 0 Å². The third-order valence-electron chi connectivity index (χ3n) is 6.96. The summed E-state index contributed by atoms with van der Waals surface area (Å²) in [7, 11) is -5.32. The van der Waals surface area contributed by atoms with E-state index in [1.165, 1.54) is 25.5 Å². The molecule has 193 valence electrons. The van der Waals surface area contributed by atoms with Crippen molar-refractivity contribution in [2.75, 3.05) is 11.6 Å². The molecule has 0 spiro atoms. The van der Waals surface area contributed by atoms with Crippen molar-refractivity contribution in [3.05, 3.63) is 72.6 Å². The number of hydrogen-bond acceptors (Lipinski definition) is 3. The van der Waals surface area contributed by atoms with E-state index in [0.717, 1.165) is 40.4 Å². The Balaban J connectivity index is 2.59. The molecular weight excluding hydrogens is 536 g/mol. The van der Waals surface area contributed by atoms with Crippen molar-refractivity contribution in [1.29, 1.82) is 0 Å². The van der Waals surface area contributed by atoms with Crippen molar-refractivity contribution in [3.63, 3.8) is 0 Å². The van der Waals surface area contributed by atoms with Gasteiger partial charge < -0.3 is 4.43 Å². The molecular formula is C29H42BrO3SSi. The molecule has 3 nitrogen and oxygen atoms in total. The van der Waals surface area contributed by atoms with Gasteiger partial charge in [-0.2, -0.15) is 0 Å². The molecule has 0 aromatic heterocycles. The second-order valence-corrected chi connectivity index (χ2v) is 18.4. The van der Waals surface area contributed by atoms with Gasteiger partial charge in [0.1, 0.15) is 0 Å². The lowest BCUT2D eigenvalue weighted by atomic mass is 9.89. The summed E-state index contributed by atoms with van der Waals surface area (Å²) in [6, 6.07) is 17.4. The maximum absolute atomic E-state index is 12.0. The lowest BCUT2D eigenvalue weighted by Crippen LogP contribution is -2.44. The first-order valence-corrected chi connectivity index (χ1v) is 18.4. The monoisotopic (exact) mass is 577 g/mol. The minimum Gasteiger partial charge on any atom is -0.410 e. The number of unbranched alkanes of at least 4 members (excludes halogenated alkanes) is 3. The fourth-order valence-corrected chi connectivity index (χ4v) is 6.13. The Bertz CT molecular complexity index is 1070. The SMILES string of the molecule is [CH2]/C(=C(/c1ccccc1)C(CCCCCCBr)O[Si](C)(C)C(C)(C)C)c1ccc(S(C)(=O)=O)cc1. The lowest BCUT2D eigenvalue weighted by Gasteiger charge is -2.40. The van der Waals surface area contributed by atoms with Crippen molar-refractivity contribution >= 4 is 45.2 Å². The highest BCUT2D eigenvalue weighted by molar-refractivity contribution is 9.09. The molecule has 2 aromatic rings. The van der Waals surface area contributed by atoms with Crippen LogP contribution in [0.3, 0.4) is 0 Å². The topological polar surface area (TPSA) is 43.4 Å². The maximum atomic E-state index is 12.0. The average molecular weight is 579 g/mol. The Morgan fingerprint density at radius 3 is 2.03 bits per heavy atom. The Hall–Kier alpha value is -1.21. The zero-order valence-electron chi connectivity index (χ0n) is 22.2. The Kier molecular flexibility index (Phi) is 11.0. The predicted octanol–water partition coefficient (Wildman–Crippen LogP) is 8.57. The Labute approximate surface area is 223 Å². The third kappa shape index (κ3) is 8.69. The van der Waals surface area contributed by atoms with Gasteiger partial charge in [0.2, 0.25) is 0 Å². The number of rotatable bonds is 12. The highest BCUT2D eigenvalue weighted by atomic mass is 79.9. The van der Waals surface area contributed by atoms with Crippen LogP contribution in [0.1, 0.15) is 64.0 Å². The molecule has 0 aliphatic heterocycles. The molecule has 0 aliphatic carbocycles. The van der Waals surface area contributed by atoms with Gasteiger partial charge >= 0.3 is 0 Å². The van der Waals surface area contributed by atoms with Gasteiger partial charge in [-0.1, -0.05) is 98.4 Å². The highest BCUT2D eigenvalue weighted by Crippen LogP contribution is 2.41. The van der Waals surface area contributed by atoms with E-state index in [4.69, 9.17) is 4.43 Å². The van der Waals surface area contributed by atoms with Crippen molar-refractivity contribution < 1.29 is 12.8 Å². The van der Waals surface area contributed by atoms with Crippen molar-refractivity contribution in [1.82, 2.24) is 0 Å². The van der Waals surface area contributed by atoms with Crippen LogP contribution in [0.15, 0.2) is 59.5 Å². The first-order valence-electron chi connectivity index (χ1n) is 12.4. The Morgan fingerprint density at radius 2 is 1.51 bits per heavy atom. The van der Waals surface area contributed by atoms with Crippen LogP contribution in [0.25, 0.3) is 11.1 Å². The smallest absolute Gasteiger partial charge is 0.192 e. The minimum absolute atomic E-state index is 0.0793. The summed E-state index contributed by atoms with van der Waals surface area (Å²) in [6.07, 6.45) is 6.72. The van der Waals surface area contributed by atoms with Gasteiger partial charge in [0.05, 0.1) is 11.0 Å². The van der Waals surface area contributed by atoms with E-state index in [1.807, 2.05) is 18.2 Å². The third-order valence-corrected chi connectivity index (χ3v) is 13.1. The number of benzene rings is 2. The molecule has 0 fully saturated rings. The van der Waals surface area contributed by atoms with E-state index in [9.17, 15) is 8.42 Å². The molecule has 35 heavy (non-hydrogen) atoms. The molecule has 6 heteroatoms. The molecule has 0 N–H and O–H groups in total. The summed E-state index contributed by atoms with van der Waals surface area (Å²) in [5, 5.41) is 1.13. The van der Waals surface area contributed by atoms with Gasteiger partial charge in [0, 0.05) is 11.6 Å². The van der Waals surface area contributed by atoms with Crippen molar-refractivity contribution in [3.8, 4) is 0 Å². The number of sulfone groups is 1. The highest BCUT2D eigenvalue weighted by Gasteiger charge is 2.40. The number of allylic oxidation sites excluding steroid dienone is 1. The average Bonchev–Trinajstić information content (AvgIpc) is 2.78. The first-order chi connectivity index (χ1) is 16.3. The summed E-state index contributed by atoms with van der Waals surface area (Å²) in [5.74, 6) is 0. The predicted molar refractivity (Wildman–Crippen MR) is 157 cm³/mol. The van der Waals surface area contributed by atoms with E-state index < -0.39 is 18.2 Å². The fraction of sp³-hybridized carbons (Fsp3) is 0.483. The zero-order chi connectivity index (χ0) is 26.3. The van der Waals surface area contributed by atoms with Gasteiger partial charge in [-0.25, -0.2) is 8.42 Å². The van der Waals surface area contributed by atoms with Crippen LogP contribution in [-0.4, -0.2) is 34.4 Å². The molecule has 0 saturated heterocycles.